The molecule has 2 heterocycles. The van der Waals surface area contributed by atoms with Gasteiger partial charge in [0.1, 0.15) is 5.82 Å². The second kappa shape index (κ2) is 5.33. The van der Waals surface area contributed by atoms with Crippen molar-refractivity contribution >= 4 is 40.4 Å². The van der Waals surface area contributed by atoms with Crippen molar-refractivity contribution in [2.24, 2.45) is 0 Å². The largest absolute Gasteiger partial charge is 0.382 e. The number of aromatic nitrogens is 2. The van der Waals surface area contributed by atoms with E-state index in [1.807, 2.05) is 12.3 Å². The lowest BCUT2D eigenvalue weighted by molar-refractivity contribution is 0.628. The molecule has 0 atom stereocenters. The van der Waals surface area contributed by atoms with Crippen molar-refractivity contribution in [3.05, 3.63) is 45.0 Å². The molecule has 0 aliphatic carbocycles. The Kier molecular flexibility index (Phi) is 3.65. The third-order valence-electron chi connectivity index (χ3n) is 3.12. The maximum absolute atomic E-state index is 13.2. The van der Waals surface area contributed by atoms with E-state index in [2.05, 4.69) is 10.2 Å². The first-order valence-electron chi connectivity index (χ1n) is 6.02. The Bertz CT molecular complexity index is 826. The number of hydrogen-bond donors (Lipinski definition) is 2. The molecule has 21 heavy (non-hydrogen) atoms. The lowest BCUT2D eigenvalue weighted by Gasteiger charge is -2.06. The number of anilines is 1. The molecule has 0 unspecified atom stereocenters. The molecule has 108 valence electrons. The molecule has 0 fully saturated rings. The van der Waals surface area contributed by atoms with Gasteiger partial charge >= 0.3 is 0 Å². The normalized spacial score (nSPS) is 11.0. The molecular weight excluding hydrogens is 332 g/mol. The molecule has 0 aliphatic heterocycles. The van der Waals surface area contributed by atoms with Crippen molar-refractivity contribution in [1.82, 2.24) is 10.2 Å². The average Bonchev–Trinajstić information content (AvgIpc) is 2.95. The van der Waals surface area contributed by atoms with Gasteiger partial charge in [-0.2, -0.15) is 5.10 Å². The van der Waals surface area contributed by atoms with Gasteiger partial charge in [0.2, 0.25) is 0 Å². The van der Waals surface area contributed by atoms with Gasteiger partial charge in [0.15, 0.2) is 5.82 Å². The van der Waals surface area contributed by atoms with Crippen molar-refractivity contribution in [2.45, 2.75) is 6.92 Å². The van der Waals surface area contributed by atoms with Crippen molar-refractivity contribution in [3.63, 3.8) is 0 Å². The van der Waals surface area contributed by atoms with Gasteiger partial charge in [0, 0.05) is 5.56 Å². The first kappa shape index (κ1) is 14.4. The molecule has 2 aromatic heterocycles. The Balaban J connectivity index is 2.24. The highest BCUT2D eigenvalue weighted by Crippen LogP contribution is 2.43. The van der Waals surface area contributed by atoms with E-state index < -0.39 is 5.82 Å². The minimum Gasteiger partial charge on any atom is -0.382 e. The summed E-state index contributed by atoms with van der Waals surface area (Å²) in [5, 5.41) is 9.78. The number of nitrogen functional groups attached to an aromatic ring is 1. The molecule has 0 saturated carbocycles. The SMILES string of the molecule is Cc1csc(-c2[nH]nc(N)c2-c2ccc(F)cc2Cl)c1Cl. The molecule has 0 saturated heterocycles. The van der Waals surface area contributed by atoms with Crippen molar-refractivity contribution in [2.75, 3.05) is 5.73 Å². The molecule has 0 bridgehead atoms. The van der Waals surface area contributed by atoms with E-state index in [-0.39, 0.29) is 5.02 Å². The van der Waals surface area contributed by atoms with E-state index in [0.717, 1.165) is 10.4 Å². The summed E-state index contributed by atoms with van der Waals surface area (Å²) in [6.07, 6.45) is 0. The molecule has 0 aliphatic rings. The molecule has 0 radical (unpaired) electrons. The summed E-state index contributed by atoms with van der Waals surface area (Å²) in [5.41, 5.74) is 8.84. The van der Waals surface area contributed by atoms with Crippen LogP contribution >= 0.6 is 34.5 Å². The summed E-state index contributed by atoms with van der Waals surface area (Å²) in [6.45, 7) is 1.92. The smallest absolute Gasteiger partial charge is 0.153 e. The molecule has 0 amide bonds. The highest BCUT2D eigenvalue weighted by Gasteiger charge is 2.21. The van der Waals surface area contributed by atoms with E-state index in [9.17, 15) is 4.39 Å². The maximum atomic E-state index is 13.2. The first-order chi connectivity index (χ1) is 9.99. The Hall–Kier alpha value is -1.56. The molecule has 1 aromatic carbocycles. The predicted octanol–water partition coefficient (Wildman–Crippen LogP) is 5.14. The van der Waals surface area contributed by atoms with Crippen molar-refractivity contribution < 1.29 is 4.39 Å². The van der Waals surface area contributed by atoms with Crippen LogP contribution in [0.2, 0.25) is 10.0 Å². The molecular formula is C14H10Cl2FN3S. The highest BCUT2D eigenvalue weighted by atomic mass is 35.5. The van der Waals surface area contributed by atoms with Crippen LogP contribution in [0, 0.1) is 12.7 Å². The number of nitrogens with one attached hydrogen (secondary N) is 1. The zero-order chi connectivity index (χ0) is 15.1. The second-order valence-corrected chi connectivity index (χ2v) is 6.21. The van der Waals surface area contributed by atoms with Crippen molar-refractivity contribution in [1.29, 1.82) is 0 Å². The Labute approximate surface area is 134 Å². The number of nitrogens with two attached hydrogens (primary N) is 1. The van der Waals surface area contributed by atoms with Crippen LogP contribution in [0.5, 0.6) is 0 Å². The number of halogens is 3. The van der Waals surface area contributed by atoms with Crippen LogP contribution in [-0.2, 0) is 0 Å². The summed E-state index contributed by atoms with van der Waals surface area (Å²) in [4.78, 5) is 0.828. The van der Waals surface area contributed by atoms with Gasteiger partial charge in [-0.3, -0.25) is 5.10 Å². The summed E-state index contributed by atoms with van der Waals surface area (Å²) in [7, 11) is 0. The Morgan fingerprint density at radius 2 is 2.10 bits per heavy atom. The number of benzene rings is 1. The van der Waals surface area contributed by atoms with Gasteiger partial charge in [-0.1, -0.05) is 23.2 Å². The van der Waals surface area contributed by atoms with E-state index >= 15 is 0 Å². The number of aromatic amines is 1. The predicted molar refractivity (Wildman–Crippen MR) is 86.5 cm³/mol. The fraction of sp³-hybridized carbons (Fsp3) is 0.0714. The Morgan fingerprint density at radius 3 is 2.71 bits per heavy atom. The molecule has 3 rings (SSSR count). The quantitative estimate of drug-likeness (QED) is 0.677. The summed E-state index contributed by atoms with van der Waals surface area (Å²) < 4.78 is 13.2. The fourth-order valence-electron chi connectivity index (χ4n) is 2.08. The average molecular weight is 342 g/mol. The third-order valence-corrected chi connectivity index (χ3v) is 5.15. The van der Waals surface area contributed by atoms with Crippen LogP contribution in [0.25, 0.3) is 21.7 Å². The van der Waals surface area contributed by atoms with Crippen LogP contribution in [-0.4, -0.2) is 10.2 Å². The molecule has 3 aromatic rings. The third kappa shape index (κ3) is 2.41. The molecule has 3 nitrogen and oxygen atoms in total. The number of hydrogen-bond acceptors (Lipinski definition) is 3. The lowest BCUT2D eigenvalue weighted by Crippen LogP contribution is -1.90. The Morgan fingerprint density at radius 1 is 1.33 bits per heavy atom. The summed E-state index contributed by atoms with van der Waals surface area (Å²) in [6, 6.07) is 4.16. The van der Waals surface area contributed by atoms with E-state index in [4.69, 9.17) is 28.9 Å². The summed E-state index contributed by atoms with van der Waals surface area (Å²) >= 11 is 13.9. The van der Waals surface area contributed by atoms with Crippen molar-refractivity contribution in [3.8, 4) is 21.7 Å². The zero-order valence-corrected chi connectivity index (χ0v) is 13.2. The van der Waals surface area contributed by atoms with E-state index in [0.29, 0.717) is 27.7 Å². The zero-order valence-electron chi connectivity index (χ0n) is 10.9. The van der Waals surface area contributed by atoms with Crippen LogP contribution in [0.15, 0.2) is 23.6 Å². The first-order valence-corrected chi connectivity index (χ1v) is 7.65. The number of aryl methyl sites for hydroxylation is 1. The second-order valence-electron chi connectivity index (χ2n) is 4.54. The highest BCUT2D eigenvalue weighted by molar-refractivity contribution is 7.14. The number of rotatable bonds is 2. The van der Waals surface area contributed by atoms with E-state index in [1.165, 1.54) is 23.5 Å². The van der Waals surface area contributed by atoms with Crippen LogP contribution < -0.4 is 5.73 Å². The molecule has 0 spiro atoms. The number of thiophene rings is 1. The standard InChI is InChI=1S/C14H10Cl2FN3S/c1-6-5-21-13(11(6)16)12-10(14(18)20-19-12)8-3-2-7(17)4-9(8)15/h2-5H,1H3,(H3,18,19,20). The number of nitrogens with zero attached hydrogens (tertiary/aromatic N) is 1. The molecule has 3 N–H and O–H groups in total. The van der Waals surface area contributed by atoms with E-state index in [1.54, 1.807) is 6.07 Å². The van der Waals surface area contributed by atoms with Gasteiger partial charge in [-0.25, -0.2) is 4.39 Å². The lowest BCUT2D eigenvalue weighted by atomic mass is 10.0. The van der Waals surface area contributed by atoms with Gasteiger partial charge < -0.3 is 5.73 Å². The van der Waals surface area contributed by atoms with Gasteiger partial charge in [0.25, 0.3) is 0 Å². The number of H-pyrrole nitrogens is 1. The summed E-state index contributed by atoms with van der Waals surface area (Å²) in [5.74, 6) is -0.113. The fourth-order valence-corrected chi connectivity index (χ4v) is 3.64. The maximum Gasteiger partial charge on any atom is 0.153 e. The minimum absolute atomic E-state index is 0.272. The van der Waals surface area contributed by atoms with Crippen LogP contribution in [0.3, 0.4) is 0 Å². The monoisotopic (exact) mass is 341 g/mol. The van der Waals surface area contributed by atoms with Gasteiger partial charge in [-0.05, 0) is 36.1 Å². The van der Waals surface area contributed by atoms with Crippen LogP contribution in [0.1, 0.15) is 5.56 Å². The van der Waals surface area contributed by atoms with Gasteiger partial charge in [-0.15, -0.1) is 11.3 Å². The molecule has 7 heteroatoms. The van der Waals surface area contributed by atoms with Gasteiger partial charge in [0.05, 0.1) is 26.2 Å². The topological polar surface area (TPSA) is 54.7 Å². The minimum atomic E-state index is -0.405. The van der Waals surface area contributed by atoms with Crippen LogP contribution in [0.4, 0.5) is 10.2 Å².